The number of Topliss-reactive ketones (excluding diaryl/α,β-unsaturated/α-hetero) is 2. The zero-order chi connectivity index (χ0) is 60.5. The summed E-state index contributed by atoms with van der Waals surface area (Å²) in [5, 5.41) is 28.4. The van der Waals surface area contributed by atoms with Crippen molar-refractivity contribution in [3.63, 3.8) is 0 Å². The highest BCUT2D eigenvalue weighted by molar-refractivity contribution is 5.93. The number of hydrogen-bond donors (Lipinski definition) is 9. The van der Waals surface area contributed by atoms with Gasteiger partial charge < -0.3 is 58.4 Å². The summed E-state index contributed by atoms with van der Waals surface area (Å²) in [6, 6.07) is 33.5. The van der Waals surface area contributed by atoms with Gasteiger partial charge in [0.25, 0.3) is 0 Å². The number of carbonyl (C=O) groups is 5. The molecule has 3 heterocycles. The smallest absolute Gasteiger partial charge is 0.220 e. The van der Waals surface area contributed by atoms with E-state index in [2.05, 4.69) is 71.8 Å². The maximum atomic E-state index is 14.0. The van der Waals surface area contributed by atoms with Gasteiger partial charge in [0.1, 0.15) is 11.5 Å². The van der Waals surface area contributed by atoms with Crippen molar-refractivity contribution in [3.8, 4) is 11.5 Å². The van der Waals surface area contributed by atoms with Crippen LogP contribution in [0.3, 0.4) is 0 Å². The Balaban J connectivity index is 0.000000242. The Labute approximate surface area is 492 Å². The van der Waals surface area contributed by atoms with Crippen molar-refractivity contribution >= 4 is 62.9 Å². The summed E-state index contributed by atoms with van der Waals surface area (Å²) in [5.74, 6) is -0.346. The first-order valence-corrected chi connectivity index (χ1v) is 28.9. The molecule has 84 heavy (non-hydrogen) atoms. The Kier molecular flexibility index (Phi) is 22.8. The number of aromatic hydroxyl groups is 2. The van der Waals surface area contributed by atoms with E-state index in [1.54, 1.807) is 55.5 Å². The number of phenolic OH excluding ortho intramolecular Hbond substituents is 2. The third-order valence-corrected chi connectivity index (χ3v) is 16.0. The second-order valence-electron chi connectivity index (χ2n) is 22.2. The molecule has 0 aliphatic carbocycles. The van der Waals surface area contributed by atoms with E-state index in [0.717, 1.165) is 76.0 Å². The van der Waals surface area contributed by atoms with E-state index in [-0.39, 0.29) is 76.9 Å². The third kappa shape index (κ3) is 18.1. The number of amides is 3. The minimum absolute atomic E-state index is 0.0123. The first-order chi connectivity index (χ1) is 40.2. The molecule has 448 valence electrons. The Morgan fingerprint density at radius 3 is 1.69 bits per heavy atom. The van der Waals surface area contributed by atoms with Crippen molar-refractivity contribution in [1.82, 2.24) is 30.3 Å². The molecule has 0 radical (unpaired) electrons. The summed E-state index contributed by atoms with van der Waals surface area (Å²) >= 11 is 0. The molecule has 1 aromatic heterocycles. The van der Waals surface area contributed by atoms with Gasteiger partial charge in [-0.2, -0.15) is 0 Å². The first-order valence-electron chi connectivity index (χ1n) is 28.9. The second kappa shape index (κ2) is 30.3. The van der Waals surface area contributed by atoms with Gasteiger partial charge in [0.05, 0.1) is 36.9 Å². The Morgan fingerprint density at radius 1 is 0.655 bits per heavy atom. The molecule has 20 heteroatoms. The second-order valence-corrected chi connectivity index (χ2v) is 22.2. The SMILES string of the molecule is CC(=O)N[C@@H](Cc1ccc(O)cc1)C(=O)C(C)N1CC(N(Cc2ccc3ccccc3c2)C(C)=O)C[C@@H]1CCCN=C(N)N.CC(=O)N[C@@H](Cc1ccc(O)cc1)C(=O)C(C)N1CC(OCc2c[nH]c3ccccc23)C[C@@H]1CCCN=C(N)N. The fourth-order valence-corrected chi connectivity index (χ4v) is 11.8. The summed E-state index contributed by atoms with van der Waals surface area (Å²) < 4.78 is 6.39. The molecule has 2 aliphatic rings. The quantitative estimate of drug-likeness (QED) is 0.0179. The van der Waals surface area contributed by atoms with Gasteiger partial charge in [0.2, 0.25) is 17.7 Å². The van der Waals surface area contributed by atoms with Crippen LogP contribution in [0.25, 0.3) is 21.7 Å². The molecule has 0 spiro atoms. The van der Waals surface area contributed by atoms with Crippen LogP contribution in [0.15, 0.2) is 131 Å². The van der Waals surface area contributed by atoms with Gasteiger partial charge in [-0.15, -0.1) is 0 Å². The molecule has 2 fully saturated rings. The van der Waals surface area contributed by atoms with Gasteiger partial charge in [0.15, 0.2) is 23.5 Å². The highest BCUT2D eigenvalue weighted by atomic mass is 16.5. The van der Waals surface area contributed by atoms with Gasteiger partial charge in [-0.1, -0.05) is 78.9 Å². The lowest BCUT2D eigenvalue weighted by atomic mass is 9.96. The third-order valence-electron chi connectivity index (χ3n) is 16.0. The fraction of sp³-hybridized carbons (Fsp3) is 0.422. The van der Waals surface area contributed by atoms with Crippen LogP contribution >= 0.6 is 0 Å². The number of guanidine groups is 2. The molecule has 13 N–H and O–H groups in total. The molecule has 2 aliphatic heterocycles. The van der Waals surface area contributed by atoms with Crippen LogP contribution in [0.4, 0.5) is 0 Å². The minimum atomic E-state index is -0.741. The molecule has 4 unspecified atom stereocenters. The number of hydrogen-bond acceptors (Lipinski definition) is 12. The highest BCUT2D eigenvalue weighted by Gasteiger charge is 2.42. The van der Waals surface area contributed by atoms with Crippen molar-refractivity contribution in [3.05, 3.63) is 144 Å². The number of nitrogens with two attached hydrogens (primary N) is 4. The lowest BCUT2D eigenvalue weighted by Crippen LogP contribution is -2.52. The zero-order valence-electron chi connectivity index (χ0n) is 49.0. The van der Waals surface area contributed by atoms with E-state index in [4.69, 9.17) is 27.7 Å². The summed E-state index contributed by atoms with van der Waals surface area (Å²) in [5.41, 5.74) is 27.0. The van der Waals surface area contributed by atoms with Crippen LogP contribution in [-0.2, 0) is 54.7 Å². The number of rotatable bonds is 26. The Hall–Kier alpha value is -8.33. The number of fused-ring (bicyclic) bond motifs is 2. The number of aromatic amines is 1. The standard InChI is InChI=1S/C34H44N6O4.C30H40N6O4/c1-22(33(44)32(38-23(2)41)18-25-11-14-31(43)15-12-25)39-21-30(19-29(39)9-6-16-37-34(35)36)40(24(3)42)20-26-10-13-27-7-4-5-8-28(27)17-26;1-19(29(39)28(35-20(2)37)14-21-9-11-24(38)12-10-21)36-17-25(15-23(36)6-5-13-33-30(31)32)40-18-22-16-34-27-8-4-3-7-26(22)27/h4-5,7-8,10-15,17,22,29-30,32,43H,6,9,16,18-21H2,1-3H3,(H,38,41)(H4,35,36,37);3-4,7-12,16,19,23,25,28,34,38H,5-6,13-15,17-18H2,1-2H3,(H,35,37)(H4,31,32,33)/t22?,29-,30?,32-;19?,23-,25?,28-/m00/s1. The minimum Gasteiger partial charge on any atom is -0.508 e. The predicted molar refractivity (Wildman–Crippen MR) is 329 cm³/mol. The number of ketones is 2. The number of phenols is 2. The Bertz CT molecular complexity index is 3230. The zero-order valence-corrected chi connectivity index (χ0v) is 49.0. The van der Waals surface area contributed by atoms with E-state index in [1.807, 2.05) is 55.3 Å². The summed E-state index contributed by atoms with van der Waals surface area (Å²) in [4.78, 5) is 82.8. The maximum Gasteiger partial charge on any atom is 0.220 e. The van der Waals surface area contributed by atoms with Gasteiger partial charge in [-0.05, 0) is 129 Å². The molecule has 0 bridgehead atoms. The molecule has 20 nitrogen and oxygen atoms in total. The van der Waals surface area contributed by atoms with Crippen LogP contribution in [0.5, 0.6) is 11.5 Å². The molecule has 2 saturated heterocycles. The van der Waals surface area contributed by atoms with Crippen LogP contribution < -0.4 is 33.6 Å². The molecule has 8 rings (SSSR count). The van der Waals surface area contributed by atoms with Gasteiger partial charge in [0, 0.05) is 94.3 Å². The van der Waals surface area contributed by atoms with E-state index in [0.29, 0.717) is 58.6 Å². The number of benzene rings is 5. The molecule has 5 aromatic carbocycles. The number of H-pyrrole nitrogens is 1. The van der Waals surface area contributed by atoms with E-state index in [9.17, 15) is 34.2 Å². The van der Waals surface area contributed by atoms with Crippen LogP contribution in [-0.4, -0.2) is 146 Å². The van der Waals surface area contributed by atoms with Crippen molar-refractivity contribution in [1.29, 1.82) is 0 Å². The average molecular weight is 1150 g/mol. The lowest BCUT2D eigenvalue weighted by Gasteiger charge is -2.33. The summed E-state index contributed by atoms with van der Waals surface area (Å²) in [6.07, 6.45) is 7.12. The molecule has 0 saturated carbocycles. The van der Waals surface area contributed by atoms with Crippen LogP contribution in [0.1, 0.15) is 95.4 Å². The first kappa shape index (κ1) is 63.3. The van der Waals surface area contributed by atoms with Crippen molar-refractivity contribution in [2.45, 2.75) is 148 Å². The van der Waals surface area contributed by atoms with E-state index >= 15 is 0 Å². The fourth-order valence-electron chi connectivity index (χ4n) is 11.8. The lowest BCUT2D eigenvalue weighted by molar-refractivity contribution is -0.132. The van der Waals surface area contributed by atoms with Crippen molar-refractivity contribution < 1.29 is 38.9 Å². The summed E-state index contributed by atoms with van der Waals surface area (Å²) in [7, 11) is 0. The van der Waals surface area contributed by atoms with Crippen LogP contribution in [0.2, 0.25) is 0 Å². The van der Waals surface area contributed by atoms with Gasteiger partial charge in [-0.25, -0.2) is 0 Å². The number of aromatic nitrogens is 1. The number of carbonyl (C=O) groups excluding carboxylic acids is 5. The number of nitrogens with one attached hydrogen (secondary N) is 3. The van der Waals surface area contributed by atoms with Gasteiger partial charge in [-0.3, -0.25) is 43.8 Å². The molecule has 6 aromatic rings. The molecule has 3 amide bonds. The van der Waals surface area contributed by atoms with E-state index < -0.39 is 24.2 Å². The number of ether oxygens (including phenoxy) is 1. The van der Waals surface area contributed by atoms with Crippen molar-refractivity contribution in [2.24, 2.45) is 32.9 Å². The van der Waals surface area contributed by atoms with Crippen molar-refractivity contribution in [2.75, 3.05) is 26.2 Å². The number of nitrogens with zero attached hydrogens (tertiary/aromatic N) is 5. The number of para-hydroxylation sites is 1. The highest BCUT2D eigenvalue weighted by Crippen LogP contribution is 2.32. The monoisotopic (exact) mass is 1150 g/mol. The molecular weight excluding hydrogens is 1060 g/mol. The van der Waals surface area contributed by atoms with E-state index in [1.165, 1.54) is 13.8 Å². The summed E-state index contributed by atoms with van der Waals surface area (Å²) in [6.45, 7) is 11.3. The topological polar surface area (TPSA) is 313 Å². The molecule has 8 atom stereocenters. The largest absolute Gasteiger partial charge is 0.508 e. The normalized spacial score (nSPS) is 18.4. The van der Waals surface area contributed by atoms with Crippen LogP contribution in [0, 0.1) is 0 Å². The maximum absolute atomic E-state index is 14.0. The number of likely N-dealkylation sites (tertiary alicyclic amines) is 2. The Morgan fingerprint density at radius 2 is 1.15 bits per heavy atom. The number of aliphatic imine (C=N–C) groups is 2. The molecular formula is C64H84N12O8. The van der Waals surface area contributed by atoms with Gasteiger partial charge >= 0.3 is 0 Å². The average Bonchev–Trinajstić information content (AvgIpc) is 4.42. The predicted octanol–water partition coefficient (Wildman–Crippen LogP) is 5.69.